The van der Waals surface area contributed by atoms with Gasteiger partial charge < -0.3 is 13.6 Å². The fourth-order valence-corrected chi connectivity index (χ4v) is 7.73. The van der Waals surface area contributed by atoms with E-state index in [1.54, 1.807) is 0 Å². The van der Waals surface area contributed by atoms with Gasteiger partial charge >= 0.3 is 0 Å². The average molecular weight is 631 g/mol. The van der Waals surface area contributed by atoms with Crippen molar-refractivity contribution in [1.29, 1.82) is 0 Å². The SMILES string of the molecule is [2H]c1c([2H])c([2H])c2c(c1[2H])c([2H])c([2H])c1c2c2cc3c4ccccc4n(-c4cc(-c5ccccc5)c5oc6ccccc6c5c4)c3cc2n1-c1ccccc1. The molecule has 0 spiro atoms. The van der Waals surface area contributed by atoms with Gasteiger partial charge in [-0.25, -0.2) is 0 Å². The first-order valence-corrected chi connectivity index (χ1v) is 16.3. The molecule has 0 bridgehead atoms. The van der Waals surface area contributed by atoms with Gasteiger partial charge in [0.05, 0.1) is 30.3 Å². The predicted octanol–water partition coefficient (Wildman–Crippen LogP) is 12.6. The van der Waals surface area contributed by atoms with Crippen LogP contribution in [0.15, 0.2) is 174 Å². The van der Waals surface area contributed by atoms with Crippen LogP contribution in [0, 0.1) is 0 Å². The normalized spacial score (nSPS) is 13.8. The second-order valence-electron chi connectivity index (χ2n) is 12.5. The van der Waals surface area contributed by atoms with E-state index in [0.29, 0.717) is 10.9 Å². The lowest BCUT2D eigenvalue weighted by atomic mass is 10.0. The number of para-hydroxylation sites is 3. The highest BCUT2D eigenvalue weighted by molar-refractivity contribution is 6.25. The zero-order valence-electron chi connectivity index (χ0n) is 32.0. The fraction of sp³-hybridized carbons (Fsp3) is 0. The van der Waals surface area contributed by atoms with Crippen molar-refractivity contribution >= 4 is 76.3 Å². The van der Waals surface area contributed by atoms with Crippen molar-refractivity contribution in [2.24, 2.45) is 0 Å². The minimum Gasteiger partial charge on any atom is -0.455 e. The number of rotatable bonds is 3. The van der Waals surface area contributed by atoms with Gasteiger partial charge in [0.1, 0.15) is 11.2 Å². The highest BCUT2D eigenvalue weighted by Gasteiger charge is 2.21. The zero-order valence-corrected chi connectivity index (χ0v) is 26.0. The van der Waals surface area contributed by atoms with Crippen LogP contribution in [0.3, 0.4) is 0 Å². The lowest BCUT2D eigenvalue weighted by molar-refractivity contribution is 0.670. The molecule has 3 heterocycles. The Balaban J connectivity index is 1.35. The van der Waals surface area contributed by atoms with Crippen LogP contribution in [0.1, 0.15) is 8.22 Å². The molecule has 0 aliphatic carbocycles. The molecule has 3 nitrogen and oxygen atoms in total. The molecule has 0 aliphatic heterocycles. The van der Waals surface area contributed by atoms with Gasteiger partial charge in [0, 0.05) is 49.3 Å². The minimum atomic E-state index is -0.417. The molecule has 0 unspecified atom stereocenters. The summed E-state index contributed by atoms with van der Waals surface area (Å²) >= 11 is 0. The molecule has 3 heteroatoms. The summed E-state index contributed by atoms with van der Waals surface area (Å²) in [6.07, 6.45) is 0. The van der Waals surface area contributed by atoms with Crippen LogP contribution in [0.4, 0.5) is 0 Å². The molecular formula is C46H28N2O. The summed E-state index contributed by atoms with van der Waals surface area (Å²) in [6.45, 7) is 0. The van der Waals surface area contributed by atoms with Crippen LogP contribution < -0.4 is 0 Å². The lowest BCUT2D eigenvalue weighted by Gasteiger charge is -2.12. The molecule has 228 valence electrons. The van der Waals surface area contributed by atoms with E-state index in [-0.39, 0.29) is 41.0 Å². The molecule has 0 saturated heterocycles. The molecular weight excluding hydrogens is 597 g/mol. The smallest absolute Gasteiger partial charge is 0.143 e. The summed E-state index contributed by atoms with van der Waals surface area (Å²) in [5.41, 5.74) is 8.44. The molecule has 3 aromatic heterocycles. The Morgan fingerprint density at radius 3 is 2.04 bits per heavy atom. The monoisotopic (exact) mass is 630 g/mol. The van der Waals surface area contributed by atoms with Crippen LogP contribution in [-0.2, 0) is 0 Å². The number of furan rings is 1. The number of aromatic nitrogens is 2. The average Bonchev–Trinajstić information content (AvgIpc) is 3.87. The van der Waals surface area contributed by atoms with Crippen LogP contribution in [0.25, 0.3) is 98.8 Å². The van der Waals surface area contributed by atoms with Crippen LogP contribution in [-0.4, -0.2) is 9.13 Å². The van der Waals surface area contributed by atoms with Crippen molar-refractivity contribution in [2.45, 2.75) is 0 Å². The molecule has 0 radical (unpaired) electrons. The summed E-state index contributed by atoms with van der Waals surface area (Å²) in [6, 6.07) is 43.2. The highest BCUT2D eigenvalue weighted by Crippen LogP contribution is 2.44. The molecule has 0 aliphatic rings. The summed E-state index contributed by atoms with van der Waals surface area (Å²) in [5, 5.41) is 5.53. The van der Waals surface area contributed by atoms with E-state index in [1.807, 2.05) is 83.4 Å². The molecule has 0 amide bonds. The van der Waals surface area contributed by atoms with Gasteiger partial charge in [-0.1, -0.05) is 115 Å². The lowest BCUT2D eigenvalue weighted by Crippen LogP contribution is -1.96. The van der Waals surface area contributed by atoms with Gasteiger partial charge in [0.15, 0.2) is 0 Å². The Morgan fingerprint density at radius 1 is 0.449 bits per heavy atom. The van der Waals surface area contributed by atoms with Gasteiger partial charge in [-0.05, 0) is 70.9 Å². The number of hydrogen-bond donors (Lipinski definition) is 0. The Labute approximate surface area is 289 Å². The zero-order chi connectivity index (χ0) is 37.3. The molecule has 0 saturated carbocycles. The quantitative estimate of drug-likeness (QED) is 0.190. The molecule has 0 fully saturated rings. The van der Waals surface area contributed by atoms with Crippen molar-refractivity contribution in [3.63, 3.8) is 0 Å². The third-order valence-corrected chi connectivity index (χ3v) is 9.82. The second-order valence-corrected chi connectivity index (χ2v) is 12.5. The minimum absolute atomic E-state index is 0.0484. The number of hydrogen-bond acceptors (Lipinski definition) is 1. The van der Waals surface area contributed by atoms with E-state index in [4.69, 9.17) is 11.3 Å². The second kappa shape index (κ2) is 9.96. The molecule has 11 rings (SSSR count). The number of fused-ring (bicyclic) bond motifs is 11. The van der Waals surface area contributed by atoms with E-state index >= 15 is 0 Å². The van der Waals surface area contributed by atoms with E-state index in [1.165, 1.54) is 0 Å². The van der Waals surface area contributed by atoms with Crippen LogP contribution in [0.2, 0.25) is 0 Å². The topological polar surface area (TPSA) is 23.0 Å². The van der Waals surface area contributed by atoms with Crippen molar-refractivity contribution in [2.75, 3.05) is 0 Å². The summed E-state index contributed by atoms with van der Waals surface area (Å²) in [7, 11) is 0. The Morgan fingerprint density at radius 2 is 1.16 bits per heavy atom. The van der Waals surface area contributed by atoms with Crippen molar-refractivity contribution in [1.82, 2.24) is 9.13 Å². The molecule has 11 aromatic rings. The number of nitrogens with zero attached hydrogens (tertiary/aromatic N) is 2. The first-order valence-electron chi connectivity index (χ1n) is 19.3. The van der Waals surface area contributed by atoms with Gasteiger partial charge in [-0.3, -0.25) is 0 Å². The maximum atomic E-state index is 9.39. The predicted molar refractivity (Wildman–Crippen MR) is 205 cm³/mol. The third kappa shape index (κ3) is 3.73. The standard InChI is InChI=1S/C46H28N2O/c1-3-13-29(14-4-1)36-25-32(26-38-35-20-10-12-22-44(35)49-46(36)38)48-40-21-11-9-19-34(40)37-27-39-43(28-42(37)48)47(31-16-5-2-6-17-31)41-24-23-30-15-7-8-18-33(30)45(39)41/h1-28H/i7D,8D,15D,18D,23D,24D. The van der Waals surface area contributed by atoms with Crippen LogP contribution in [0.5, 0.6) is 0 Å². The van der Waals surface area contributed by atoms with E-state index < -0.39 is 6.04 Å². The molecule has 0 atom stereocenters. The molecule has 0 N–H and O–H groups in total. The van der Waals surface area contributed by atoms with E-state index in [0.717, 1.165) is 77.1 Å². The summed E-state index contributed by atoms with van der Waals surface area (Å²) in [5.74, 6) is 0. The third-order valence-electron chi connectivity index (χ3n) is 9.82. The van der Waals surface area contributed by atoms with Gasteiger partial charge in [-0.15, -0.1) is 0 Å². The first-order chi connectivity index (χ1) is 26.8. The largest absolute Gasteiger partial charge is 0.455 e. The Bertz CT molecular complexity index is 3440. The van der Waals surface area contributed by atoms with E-state index in [9.17, 15) is 1.37 Å². The summed E-state index contributed by atoms with van der Waals surface area (Å²) in [4.78, 5) is 0. The Kier molecular flexibility index (Phi) is 4.34. The highest BCUT2D eigenvalue weighted by atomic mass is 16.3. The van der Waals surface area contributed by atoms with Crippen molar-refractivity contribution in [3.05, 3.63) is 170 Å². The Hall–Kier alpha value is -6.58. The molecule has 8 aromatic carbocycles. The van der Waals surface area contributed by atoms with Crippen LogP contribution >= 0.6 is 0 Å². The van der Waals surface area contributed by atoms with Gasteiger partial charge in [0.2, 0.25) is 0 Å². The molecule has 49 heavy (non-hydrogen) atoms. The van der Waals surface area contributed by atoms with Crippen molar-refractivity contribution in [3.8, 4) is 22.5 Å². The number of benzene rings is 8. The maximum Gasteiger partial charge on any atom is 0.143 e. The summed E-state index contributed by atoms with van der Waals surface area (Å²) < 4.78 is 64.3. The fourth-order valence-electron chi connectivity index (χ4n) is 7.73. The van der Waals surface area contributed by atoms with E-state index in [2.05, 4.69) is 59.2 Å². The first kappa shape index (κ1) is 21.3. The van der Waals surface area contributed by atoms with Crippen molar-refractivity contribution < 1.29 is 12.6 Å². The van der Waals surface area contributed by atoms with Gasteiger partial charge in [-0.2, -0.15) is 0 Å². The maximum absolute atomic E-state index is 9.39. The van der Waals surface area contributed by atoms with Gasteiger partial charge in [0.25, 0.3) is 0 Å².